The van der Waals surface area contributed by atoms with Gasteiger partial charge in [0.15, 0.2) is 0 Å². The lowest BCUT2D eigenvalue weighted by Crippen LogP contribution is -2.11. The first kappa shape index (κ1) is 29.6. The first-order valence-corrected chi connectivity index (χ1v) is 19.5. The molecule has 0 saturated heterocycles. The number of anilines is 3. The van der Waals surface area contributed by atoms with E-state index in [1.807, 2.05) is 36.4 Å². The average Bonchev–Trinajstić information content (AvgIpc) is 3.73. The van der Waals surface area contributed by atoms with Gasteiger partial charge in [-0.25, -0.2) is 0 Å². The highest BCUT2D eigenvalue weighted by atomic mass is 16.3. The summed E-state index contributed by atoms with van der Waals surface area (Å²) in [7, 11) is 0. The molecule has 0 aliphatic rings. The van der Waals surface area contributed by atoms with Crippen LogP contribution < -0.4 is 4.90 Å². The highest BCUT2D eigenvalue weighted by Gasteiger charge is 2.20. The number of para-hydroxylation sites is 2. The number of nitrogens with zero attached hydrogens (tertiary/aromatic N) is 1. The van der Waals surface area contributed by atoms with E-state index in [-0.39, 0.29) is 29.8 Å². The van der Waals surface area contributed by atoms with Crippen molar-refractivity contribution in [2.45, 2.75) is 0 Å². The van der Waals surface area contributed by atoms with E-state index in [0.29, 0.717) is 32.7 Å². The molecule has 2 heteroatoms. The fourth-order valence-corrected chi connectivity index (χ4v) is 8.27. The van der Waals surface area contributed by atoms with Crippen LogP contribution in [0.2, 0.25) is 0 Å². The van der Waals surface area contributed by atoms with E-state index < -0.39 is 0 Å². The molecule has 58 heavy (non-hydrogen) atoms. The Kier molecular flexibility index (Phi) is 7.20. The van der Waals surface area contributed by atoms with Crippen LogP contribution in [0.15, 0.2) is 229 Å². The van der Waals surface area contributed by atoms with E-state index in [2.05, 4.69) is 150 Å². The van der Waals surface area contributed by atoms with Crippen LogP contribution in [-0.2, 0) is 0 Å². The molecule has 2 nitrogen and oxygen atoms in total. The lowest BCUT2D eigenvalue weighted by molar-refractivity contribution is 0.669. The van der Waals surface area contributed by atoms with Crippen molar-refractivity contribution in [1.82, 2.24) is 0 Å². The second-order valence-corrected chi connectivity index (χ2v) is 14.5. The molecule has 0 amide bonds. The highest BCUT2D eigenvalue weighted by Crippen LogP contribution is 2.45. The van der Waals surface area contributed by atoms with Gasteiger partial charge in [0.05, 0.1) is 11.2 Å². The fraction of sp³-hybridized carbons (Fsp3) is 0. The van der Waals surface area contributed by atoms with E-state index in [1.54, 1.807) is 18.2 Å². The molecule has 11 aromatic rings. The molecule has 11 rings (SSSR count). The summed E-state index contributed by atoms with van der Waals surface area (Å²) in [6, 6.07) is 68.8. The third-order valence-electron chi connectivity index (χ3n) is 11.1. The minimum atomic E-state index is -0.0503. The molecular weight excluding hydrogens is 703 g/mol. The molecule has 0 aliphatic heterocycles. The first-order chi connectivity index (χ1) is 30.4. The van der Waals surface area contributed by atoms with Crippen molar-refractivity contribution in [3.63, 3.8) is 0 Å². The molecule has 0 bridgehead atoms. The zero-order valence-electron chi connectivity index (χ0n) is 35.4. The molecule has 10 aromatic carbocycles. The van der Waals surface area contributed by atoms with Gasteiger partial charge in [0.2, 0.25) is 0 Å². The molecule has 272 valence electrons. The summed E-state index contributed by atoms with van der Waals surface area (Å²) in [5, 5.41) is 4.05. The van der Waals surface area contributed by atoms with Crippen LogP contribution in [0.3, 0.4) is 0 Å². The second kappa shape index (κ2) is 14.1. The first-order valence-electron chi connectivity index (χ1n) is 21.5. The third-order valence-corrected chi connectivity index (χ3v) is 11.1. The normalized spacial score (nSPS) is 12.4. The standard InChI is InChI=1S/C56H37NO/c1-3-13-38(14-4-1)39-23-25-40(26-24-39)41-29-32-46(33-30-41)57(53-21-11-9-19-49(53)42-15-5-2-6-16-42)47-35-44-17-7-8-18-48(44)51(37-47)45-28-27-43-31-34-55-56(52(43)36-45)50-20-10-12-22-54(50)58-55/h1-37H/i20D,31D,34D,36D. The van der Waals surface area contributed by atoms with Crippen LogP contribution in [0.1, 0.15) is 5.48 Å². The Labute approximate surface area is 343 Å². The van der Waals surface area contributed by atoms with E-state index in [4.69, 9.17) is 8.53 Å². The zero-order chi connectivity index (χ0) is 41.9. The van der Waals surface area contributed by atoms with Crippen molar-refractivity contribution in [2.24, 2.45) is 0 Å². The van der Waals surface area contributed by atoms with Gasteiger partial charge in [0, 0.05) is 27.7 Å². The van der Waals surface area contributed by atoms with Gasteiger partial charge in [-0.1, -0.05) is 176 Å². The predicted molar refractivity (Wildman–Crippen MR) is 245 cm³/mol. The molecule has 0 aliphatic carbocycles. The number of hydrogen-bond acceptors (Lipinski definition) is 2. The topological polar surface area (TPSA) is 16.4 Å². The van der Waals surface area contributed by atoms with E-state index >= 15 is 0 Å². The van der Waals surface area contributed by atoms with E-state index in [1.165, 1.54) is 11.1 Å². The van der Waals surface area contributed by atoms with Crippen LogP contribution in [0, 0.1) is 0 Å². The third kappa shape index (κ3) is 5.91. The van der Waals surface area contributed by atoms with Gasteiger partial charge in [0.1, 0.15) is 11.2 Å². The smallest absolute Gasteiger partial charge is 0.136 e. The van der Waals surface area contributed by atoms with Crippen molar-refractivity contribution in [1.29, 1.82) is 0 Å². The van der Waals surface area contributed by atoms with Crippen LogP contribution in [0.5, 0.6) is 0 Å². The molecule has 0 N–H and O–H groups in total. The Morgan fingerprint density at radius 1 is 0.362 bits per heavy atom. The Balaban J connectivity index is 1.12. The maximum Gasteiger partial charge on any atom is 0.136 e. The summed E-state index contributed by atoms with van der Waals surface area (Å²) >= 11 is 0. The Hall–Kier alpha value is -7.68. The van der Waals surface area contributed by atoms with Gasteiger partial charge in [-0.2, -0.15) is 0 Å². The summed E-state index contributed by atoms with van der Waals surface area (Å²) < 4.78 is 42.8. The number of furan rings is 1. The van der Waals surface area contributed by atoms with Crippen LogP contribution >= 0.6 is 0 Å². The number of benzene rings is 10. The van der Waals surface area contributed by atoms with Gasteiger partial charge in [0.25, 0.3) is 0 Å². The van der Waals surface area contributed by atoms with Crippen molar-refractivity contribution in [3.8, 4) is 44.5 Å². The number of fused-ring (bicyclic) bond motifs is 6. The van der Waals surface area contributed by atoms with Crippen molar-refractivity contribution >= 4 is 60.5 Å². The Morgan fingerprint density at radius 3 is 1.76 bits per heavy atom. The Morgan fingerprint density at radius 2 is 0.983 bits per heavy atom. The van der Waals surface area contributed by atoms with Gasteiger partial charge in [-0.15, -0.1) is 0 Å². The average molecular weight is 744 g/mol. The molecule has 1 heterocycles. The summed E-state index contributed by atoms with van der Waals surface area (Å²) in [4.78, 5) is 2.30. The summed E-state index contributed by atoms with van der Waals surface area (Å²) in [6.45, 7) is 0. The van der Waals surface area contributed by atoms with Gasteiger partial charge < -0.3 is 9.32 Å². The summed E-state index contributed by atoms with van der Waals surface area (Å²) in [5.74, 6) is 0. The molecule has 0 unspecified atom stereocenters. The minimum Gasteiger partial charge on any atom is -0.456 e. The number of rotatable bonds is 7. The zero-order valence-corrected chi connectivity index (χ0v) is 31.4. The van der Waals surface area contributed by atoms with Crippen molar-refractivity contribution < 1.29 is 9.90 Å². The highest BCUT2D eigenvalue weighted by molar-refractivity contribution is 6.19. The molecule has 1 aromatic heterocycles. The van der Waals surface area contributed by atoms with Gasteiger partial charge >= 0.3 is 0 Å². The fourth-order valence-electron chi connectivity index (χ4n) is 8.27. The van der Waals surface area contributed by atoms with Crippen LogP contribution in [0.4, 0.5) is 17.1 Å². The summed E-state index contributed by atoms with van der Waals surface area (Å²) in [5.41, 5.74) is 11.9. The molecule has 0 radical (unpaired) electrons. The minimum absolute atomic E-state index is 0.00368. The Bertz CT molecular complexity index is 3490. The lowest BCUT2D eigenvalue weighted by Gasteiger charge is -2.29. The molecule has 0 atom stereocenters. The second-order valence-electron chi connectivity index (χ2n) is 14.5. The SMILES string of the molecule is [2H]c1c([2H])c2oc3cccc([2H])c3c2c2c([2H])c(-c3cc(N(c4ccc(-c5ccc(-c6ccccc6)cc5)cc4)c4ccccc4-c4ccccc4)cc4ccccc34)ccc12. The van der Waals surface area contributed by atoms with E-state index in [0.717, 1.165) is 55.7 Å². The maximum absolute atomic E-state index is 9.94. The molecule has 0 saturated carbocycles. The molecule has 0 fully saturated rings. The monoisotopic (exact) mass is 743 g/mol. The van der Waals surface area contributed by atoms with Gasteiger partial charge in [-0.3, -0.25) is 0 Å². The van der Waals surface area contributed by atoms with Crippen LogP contribution in [-0.4, -0.2) is 0 Å². The van der Waals surface area contributed by atoms with Gasteiger partial charge in [-0.05, 0) is 109 Å². The predicted octanol–water partition coefficient (Wildman–Crippen LogP) is 16.0. The largest absolute Gasteiger partial charge is 0.456 e. The van der Waals surface area contributed by atoms with E-state index in [9.17, 15) is 1.37 Å². The molecule has 0 spiro atoms. The van der Waals surface area contributed by atoms with Crippen molar-refractivity contribution in [3.05, 3.63) is 224 Å². The van der Waals surface area contributed by atoms with Crippen LogP contribution in [0.25, 0.3) is 88.0 Å². The number of hydrogen-bond donors (Lipinski definition) is 0. The lowest BCUT2D eigenvalue weighted by atomic mass is 9.93. The molecular formula is C56H37NO. The summed E-state index contributed by atoms with van der Waals surface area (Å²) in [6.07, 6.45) is 0. The maximum atomic E-state index is 9.94. The quantitative estimate of drug-likeness (QED) is 0.162. The van der Waals surface area contributed by atoms with Crippen molar-refractivity contribution in [2.75, 3.05) is 4.90 Å².